The number of aromatic amines is 1. The second kappa shape index (κ2) is 5.83. The van der Waals surface area contributed by atoms with Crippen molar-refractivity contribution in [2.75, 3.05) is 27.8 Å². The Kier molecular flexibility index (Phi) is 3.85. The number of hydrogen-bond acceptors (Lipinski definition) is 4. The molecule has 23 heavy (non-hydrogen) atoms. The highest BCUT2D eigenvalue weighted by Crippen LogP contribution is 2.36. The van der Waals surface area contributed by atoms with Gasteiger partial charge in [-0.05, 0) is 23.8 Å². The summed E-state index contributed by atoms with van der Waals surface area (Å²) in [4.78, 5) is 29.1. The van der Waals surface area contributed by atoms with E-state index in [0.717, 1.165) is 27.9 Å². The molecule has 122 valence electrons. The number of fused-ring (bicyclic) bond motifs is 3. The molecule has 2 aromatic rings. The van der Waals surface area contributed by atoms with E-state index in [-0.39, 0.29) is 18.5 Å². The summed E-state index contributed by atoms with van der Waals surface area (Å²) in [7, 11) is 4.53. The zero-order valence-corrected chi connectivity index (χ0v) is 13.3. The minimum absolute atomic E-state index is 0.221. The molecule has 2 heterocycles. The van der Waals surface area contributed by atoms with Crippen LogP contribution in [0.1, 0.15) is 17.2 Å². The Balaban J connectivity index is 2.14. The number of methoxy groups -OCH3 is 2. The number of hydrogen-bond donors (Lipinski definition) is 2. The molecule has 1 unspecified atom stereocenters. The molecule has 1 atom stereocenters. The van der Waals surface area contributed by atoms with Gasteiger partial charge < -0.3 is 24.7 Å². The third-order valence-electron chi connectivity index (χ3n) is 4.21. The van der Waals surface area contributed by atoms with Crippen LogP contribution < -0.4 is 10.1 Å². The highest BCUT2D eigenvalue weighted by atomic mass is 16.5. The molecule has 1 aliphatic heterocycles. The van der Waals surface area contributed by atoms with Gasteiger partial charge in [0.05, 0.1) is 20.8 Å². The van der Waals surface area contributed by atoms with Gasteiger partial charge in [-0.15, -0.1) is 0 Å². The number of aromatic nitrogens is 1. The van der Waals surface area contributed by atoms with Gasteiger partial charge in [-0.2, -0.15) is 0 Å². The SMILES string of the molecule is CNC(=O)N1Cc2[nH]c3ccc(OC)cc3c2C(C(=O)OC)C1. The number of amides is 2. The van der Waals surface area contributed by atoms with Crippen LogP contribution in [-0.2, 0) is 16.1 Å². The average molecular weight is 317 g/mol. The lowest BCUT2D eigenvalue weighted by Crippen LogP contribution is -2.44. The van der Waals surface area contributed by atoms with Gasteiger partial charge in [0.1, 0.15) is 11.7 Å². The first-order valence-electron chi connectivity index (χ1n) is 7.32. The van der Waals surface area contributed by atoms with E-state index in [4.69, 9.17) is 9.47 Å². The van der Waals surface area contributed by atoms with Crippen LogP contribution in [0.25, 0.3) is 10.9 Å². The third kappa shape index (κ3) is 2.48. The van der Waals surface area contributed by atoms with Crippen molar-refractivity contribution in [1.82, 2.24) is 15.2 Å². The summed E-state index contributed by atoms with van der Waals surface area (Å²) >= 11 is 0. The van der Waals surface area contributed by atoms with E-state index in [1.165, 1.54) is 7.11 Å². The van der Waals surface area contributed by atoms with Gasteiger partial charge in [-0.25, -0.2) is 4.79 Å². The first kappa shape index (κ1) is 15.2. The fourth-order valence-electron chi connectivity index (χ4n) is 3.11. The molecule has 1 aromatic carbocycles. The van der Waals surface area contributed by atoms with Crippen molar-refractivity contribution >= 4 is 22.9 Å². The van der Waals surface area contributed by atoms with E-state index in [2.05, 4.69) is 10.3 Å². The molecular weight excluding hydrogens is 298 g/mol. The van der Waals surface area contributed by atoms with Crippen LogP contribution in [0.3, 0.4) is 0 Å². The smallest absolute Gasteiger partial charge is 0.317 e. The van der Waals surface area contributed by atoms with Crippen LogP contribution >= 0.6 is 0 Å². The zero-order valence-electron chi connectivity index (χ0n) is 13.3. The van der Waals surface area contributed by atoms with Crippen LogP contribution in [-0.4, -0.2) is 49.7 Å². The number of ether oxygens (including phenoxy) is 2. The lowest BCUT2D eigenvalue weighted by Gasteiger charge is -2.31. The van der Waals surface area contributed by atoms with Crippen molar-refractivity contribution in [3.05, 3.63) is 29.5 Å². The van der Waals surface area contributed by atoms with Crippen molar-refractivity contribution in [3.63, 3.8) is 0 Å². The summed E-state index contributed by atoms with van der Waals surface area (Å²) in [6, 6.07) is 5.44. The highest BCUT2D eigenvalue weighted by Gasteiger charge is 2.36. The molecule has 0 saturated heterocycles. The average Bonchev–Trinajstić information content (AvgIpc) is 2.96. The first-order valence-corrected chi connectivity index (χ1v) is 7.32. The van der Waals surface area contributed by atoms with Gasteiger partial charge in [0.15, 0.2) is 0 Å². The molecule has 0 spiro atoms. The minimum Gasteiger partial charge on any atom is -0.497 e. The highest BCUT2D eigenvalue weighted by molar-refractivity contribution is 5.93. The number of urea groups is 1. The maximum absolute atomic E-state index is 12.3. The monoisotopic (exact) mass is 317 g/mol. The van der Waals surface area contributed by atoms with Gasteiger partial charge in [0, 0.05) is 30.2 Å². The standard InChI is InChI=1S/C16H19N3O4/c1-17-16(21)19-7-11(15(20)23-3)14-10-6-9(22-2)4-5-12(10)18-13(14)8-19/h4-6,11,18H,7-8H2,1-3H3,(H,17,21). The number of nitrogens with zero attached hydrogens (tertiary/aromatic N) is 1. The Morgan fingerprint density at radius 1 is 1.35 bits per heavy atom. The number of esters is 1. The third-order valence-corrected chi connectivity index (χ3v) is 4.21. The predicted molar refractivity (Wildman–Crippen MR) is 84.5 cm³/mol. The Bertz CT molecular complexity index is 768. The van der Waals surface area contributed by atoms with E-state index in [1.54, 1.807) is 19.1 Å². The van der Waals surface area contributed by atoms with Crippen LogP contribution in [0.4, 0.5) is 4.79 Å². The fraction of sp³-hybridized carbons (Fsp3) is 0.375. The van der Waals surface area contributed by atoms with E-state index in [0.29, 0.717) is 6.54 Å². The molecule has 7 nitrogen and oxygen atoms in total. The predicted octanol–water partition coefficient (Wildman–Crippen LogP) is 1.59. The Labute approximate surface area is 133 Å². The summed E-state index contributed by atoms with van der Waals surface area (Å²) < 4.78 is 10.2. The number of H-pyrrole nitrogens is 1. The Morgan fingerprint density at radius 3 is 2.78 bits per heavy atom. The molecule has 2 N–H and O–H groups in total. The molecule has 3 rings (SSSR count). The lowest BCUT2D eigenvalue weighted by atomic mass is 9.92. The second-order valence-electron chi connectivity index (χ2n) is 5.44. The van der Waals surface area contributed by atoms with Crippen molar-refractivity contribution in [2.24, 2.45) is 0 Å². The number of benzene rings is 1. The Hall–Kier alpha value is -2.70. The van der Waals surface area contributed by atoms with Gasteiger partial charge in [-0.1, -0.05) is 0 Å². The molecule has 7 heteroatoms. The topological polar surface area (TPSA) is 83.7 Å². The second-order valence-corrected chi connectivity index (χ2v) is 5.44. The van der Waals surface area contributed by atoms with E-state index in [1.807, 2.05) is 18.2 Å². The van der Waals surface area contributed by atoms with Crippen LogP contribution in [0, 0.1) is 0 Å². The van der Waals surface area contributed by atoms with Crippen molar-refractivity contribution in [3.8, 4) is 5.75 Å². The van der Waals surface area contributed by atoms with E-state index >= 15 is 0 Å². The molecule has 1 aliphatic rings. The van der Waals surface area contributed by atoms with Gasteiger partial charge in [0.2, 0.25) is 0 Å². The van der Waals surface area contributed by atoms with Crippen LogP contribution in [0.5, 0.6) is 5.75 Å². The van der Waals surface area contributed by atoms with Gasteiger partial charge in [0.25, 0.3) is 0 Å². The van der Waals surface area contributed by atoms with Crippen molar-refractivity contribution in [1.29, 1.82) is 0 Å². The molecule has 0 bridgehead atoms. The van der Waals surface area contributed by atoms with E-state index in [9.17, 15) is 9.59 Å². The van der Waals surface area contributed by atoms with Crippen LogP contribution in [0.2, 0.25) is 0 Å². The molecule has 2 amide bonds. The largest absolute Gasteiger partial charge is 0.497 e. The molecule has 0 radical (unpaired) electrons. The molecule has 0 fully saturated rings. The summed E-state index contributed by atoms with van der Waals surface area (Å²) in [6.45, 7) is 0.697. The Morgan fingerprint density at radius 2 is 2.13 bits per heavy atom. The fourth-order valence-corrected chi connectivity index (χ4v) is 3.11. The maximum Gasteiger partial charge on any atom is 0.317 e. The summed E-state index contributed by atoms with van der Waals surface area (Å²) in [5, 5.41) is 3.52. The number of rotatable bonds is 2. The normalized spacial score (nSPS) is 16.8. The molecule has 0 aliphatic carbocycles. The zero-order chi connectivity index (χ0) is 16.6. The summed E-state index contributed by atoms with van der Waals surface area (Å²) in [5.74, 6) is -0.165. The molecular formula is C16H19N3O4. The summed E-state index contributed by atoms with van der Waals surface area (Å²) in [5.41, 5.74) is 2.63. The van der Waals surface area contributed by atoms with Crippen LogP contribution in [0.15, 0.2) is 18.2 Å². The van der Waals surface area contributed by atoms with Gasteiger partial charge >= 0.3 is 12.0 Å². The molecule has 1 aromatic heterocycles. The quantitative estimate of drug-likeness (QED) is 0.824. The number of nitrogens with one attached hydrogen (secondary N) is 2. The minimum atomic E-state index is -0.526. The maximum atomic E-state index is 12.3. The number of carbonyl (C=O) groups excluding carboxylic acids is 2. The van der Waals surface area contributed by atoms with Crippen molar-refractivity contribution < 1.29 is 19.1 Å². The summed E-state index contributed by atoms with van der Waals surface area (Å²) in [6.07, 6.45) is 0. The van der Waals surface area contributed by atoms with E-state index < -0.39 is 5.92 Å². The lowest BCUT2D eigenvalue weighted by molar-refractivity contribution is -0.143. The number of carbonyl (C=O) groups is 2. The van der Waals surface area contributed by atoms with Gasteiger partial charge in [-0.3, -0.25) is 4.79 Å². The molecule has 0 saturated carbocycles. The first-order chi connectivity index (χ1) is 11.1. The van der Waals surface area contributed by atoms with Crippen molar-refractivity contribution in [2.45, 2.75) is 12.5 Å².